The van der Waals surface area contributed by atoms with Gasteiger partial charge in [-0.2, -0.15) is 0 Å². The molecule has 0 saturated carbocycles. The lowest BCUT2D eigenvalue weighted by molar-refractivity contribution is 0.594. The van der Waals surface area contributed by atoms with Gasteiger partial charge in [0.25, 0.3) is 10.0 Å². The van der Waals surface area contributed by atoms with Crippen molar-refractivity contribution in [3.63, 3.8) is 0 Å². The summed E-state index contributed by atoms with van der Waals surface area (Å²) in [4.78, 5) is 0. The van der Waals surface area contributed by atoms with Crippen molar-refractivity contribution in [3.8, 4) is 0 Å². The predicted molar refractivity (Wildman–Crippen MR) is 85.1 cm³/mol. The number of benzene rings is 1. The highest BCUT2D eigenvalue weighted by atomic mass is 35.5. The van der Waals surface area contributed by atoms with E-state index < -0.39 is 10.0 Å². The second kappa shape index (κ2) is 5.63. The van der Waals surface area contributed by atoms with Gasteiger partial charge in [0.15, 0.2) is 0 Å². The summed E-state index contributed by atoms with van der Waals surface area (Å²) >= 11 is 7.04. The van der Waals surface area contributed by atoms with Crippen LogP contribution in [0.25, 0.3) is 0 Å². The van der Waals surface area contributed by atoms with Crippen LogP contribution in [0.15, 0.2) is 34.5 Å². The average Bonchev–Trinajstić information content (AvgIpc) is 2.73. The summed E-state index contributed by atoms with van der Waals surface area (Å²) in [5.74, 6) is 0. The summed E-state index contributed by atoms with van der Waals surface area (Å²) in [5, 5.41) is 0. The highest BCUT2D eigenvalue weighted by molar-refractivity contribution is 7.94. The molecule has 20 heavy (non-hydrogen) atoms. The second-order valence-electron chi connectivity index (χ2n) is 4.28. The summed E-state index contributed by atoms with van der Waals surface area (Å²) < 4.78 is 27.4. The van der Waals surface area contributed by atoms with Crippen molar-refractivity contribution < 1.29 is 8.42 Å². The number of nitrogens with zero attached hydrogens (tertiary/aromatic N) is 1. The third kappa shape index (κ3) is 2.77. The Hall–Kier alpha value is -1.24. The Bertz CT molecular complexity index is 689. The van der Waals surface area contributed by atoms with Crippen molar-refractivity contribution in [1.29, 1.82) is 0 Å². The molecule has 0 saturated heterocycles. The number of anilines is 2. The molecule has 2 aromatic rings. The smallest absolute Gasteiger partial charge is 0.273 e. The Kier molecular flexibility index (Phi) is 4.27. The minimum absolute atomic E-state index is 0.249. The van der Waals surface area contributed by atoms with E-state index in [1.54, 1.807) is 44.2 Å². The van der Waals surface area contributed by atoms with Gasteiger partial charge in [-0.05, 0) is 49.7 Å². The van der Waals surface area contributed by atoms with Crippen LogP contribution in [0.5, 0.6) is 0 Å². The third-order valence-electron chi connectivity index (χ3n) is 2.85. The lowest BCUT2D eigenvalue weighted by Gasteiger charge is -2.22. The molecular weight excluding hydrogens is 316 g/mol. The maximum absolute atomic E-state index is 12.7. The summed E-state index contributed by atoms with van der Waals surface area (Å²) in [6.07, 6.45) is 0. The topological polar surface area (TPSA) is 63.4 Å². The molecule has 0 aliphatic heterocycles. The molecular formula is C13H15ClN2O2S2. The van der Waals surface area contributed by atoms with Crippen LogP contribution >= 0.6 is 22.9 Å². The molecule has 0 atom stereocenters. The molecule has 4 nitrogen and oxygen atoms in total. The summed E-state index contributed by atoms with van der Waals surface area (Å²) in [7, 11) is -3.59. The second-order valence-corrected chi connectivity index (χ2v) is 8.03. The average molecular weight is 331 g/mol. The molecule has 2 N–H and O–H groups in total. The van der Waals surface area contributed by atoms with E-state index in [-0.39, 0.29) is 4.21 Å². The zero-order chi connectivity index (χ0) is 14.9. The van der Waals surface area contributed by atoms with Gasteiger partial charge in [-0.1, -0.05) is 11.6 Å². The van der Waals surface area contributed by atoms with Gasteiger partial charge in [0.1, 0.15) is 4.21 Å². The number of nitrogens with two attached hydrogens (primary N) is 1. The van der Waals surface area contributed by atoms with Crippen molar-refractivity contribution >= 4 is 44.3 Å². The molecule has 0 aliphatic carbocycles. The van der Waals surface area contributed by atoms with Crippen LogP contribution in [-0.2, 0) is 10.0 Å². The number of rotatable bonds is 4. The van der Waals surface area contributed by atoms with Crippen molar-refractivity contribution in [2.45, 2.75) is 18.1 Å². The zero-order valence-corrected chi connectivity index (χ0v) is 13.5. The van der Waals surface area contributed by atoms with Gasteiger partial charge < -0.3 is 5.73 Å². The van der Waals surface area contributed by atoms with Crippen molar-refractivity contribution in [1.82, 2.24) is 0 Å². The molecule has 1 aromatic heterocycles. The number of nitrogen functional groups attached to an aromatic ring is 1. The van der Waals surface area contributed by atoms with Crippen LogP contribution in [0.4, 0.5) is 11.4 Å². The molecule has 1 aromatic carbocycles. The van der Waals surface area contributed by atoms with E-state index >= 15 is 0 Å². The van der Waals surface area contributed by atoms with Crippen molar-refractivity contribution in [2.75, 3.05) is 16.6 Å². The number of thiophene rings is 1. The van der Waals surface area contributed by atoms with Gasteiger partial charge >= 0.3 is 0 Å². The van der Waals surface area contributed by atoms with Crippen LogP contribution < -0.4 is 10.0 Å². The van der Waals surface area contributed by atoms with Gasteiger partial charge in [-0.15, -0.1) is 11.3 Å². The highest BCUT2D eigenvalue weighted by Crippen LogP contribution is 2.33. The Morgan fingerprint density at radius 1 is 1.30 bits per heavy atom. The number of halogens is 1. The summed E-state index contributed by atoms with van der Waals surface area (Å²) in [6.45, 7) is 3.91. The van der Waals surface area contributed by atoms with Crippen molar-refractivity contribution in [3.05, 3.63) is 40.2 Å². The number of aryl methyl sites for hydroxylation is 1. The fraction of sp³-hybridized carbons (Fsp3) is 0.231. The molecule has 1 heterocycles. The molecule has 0 amide bonds. The first-order chi connectivity index (χ1) is 9.36. The maximum atomic E-state index is 12.7. The maximum Gasteiger partial charge on any atom is 0.273 e. The first kappa shape index (κ1) is 15.2. The van der Waals surface area contributed by atoms with E-state index in [1.807, 2.05) is 0 Å². The minimum Gasteiger partial charge on any atom is -0.399 e. The van der Waals surface area contributed by atoms with Crippen LogP contribution in [0.2, 0.25) is 4.34 Å². The van der Waals surface area contributed by atoms with E-state index in [0.717, 1.165) is 16.9 Å². The van der Waals surface area contributed by atoms with Crippen LogP contribution in [0.1, 0.15) is 12.5 Å². The largest absolute Gasteiger partial charge is 0.399 e. The summed E-state index contributed by atoms with van der Waals surface area (Å²) in [5.41, 5.74) is 7.58. The van der Waals surface area contributed by atoms with Crippen molar-refractivity contribution in [2.24, 2.45) is 0 Å². The lowest BCUT2D eigenvalue weighted by Crippen LogP contribution is -2.30. The van der Waals surface area contributed by atoms with Gasteiger partial charge in [0.05, 0.1) is 10.0 Å². The van der Waals surface area contributed by atoms with Gasteiger partial charge in [-0.3, -0.25) is 4.31 Å². The number of hydrogen-bond donors (Lipinski definition) is 1. The Labute approximate surface area is 127 Å². The first-order valence-electron chi connectivity index (χ1n) is 6.00. The van der Waals surface area contributed by atoms with E-state index in [4.69, 9.17) is 17.3 Å². The van der Waals surface area contributed by atoms with Gasteiger partial charge in [-0.25, -0.2) is 8.42 Å². The normalized spacial score (nSPS) is 11.6. The van der Waals surface area contributed by atoms with Gasteiger partial charge in [0.2, 0.25) is 0 Å². The molecule has 0 unspecified atom stereocenters. The number of hydrogen-bond acceptors (Lipinski definition) is 4. The Morgan fingerprint density at radius 2 is 1.90 bits per heavy atom. The van der Waals surface area contributed by atoms with E-state index in [0.29, 0.717) is 22.3 Å². The molecule has 2 rings (SSSR count). The standard InChI is InChI=1S/C13H15ClN2O2S2/c1-3-16(11-6-4-10(15)5-7-11)20(17,18)12-8-9(2)13(14)19-12/h4-8H,3,15H2,1-2H3. The van der Waals surface area contributed by atoms with Crippen LogP contribution in [-0.4, -0.2) is 15.0 Å². The molecule has 0 fully saturated rings. The highest BCUT2D eigenvalue weighted by Gasteiger charge is 2.26. The van der Waals surface area contributed by atoms with Gasteiger partial charge in [0, 0.05) is 12.2 Å². The minimum atomic E-state index is -3.59. The Morgan fingerprint density at radius 3 is 2.35 bits per heavy atom. The first-order valence-corrected chi connectivity index (χ1v) is 8.64. The predicted octanol–water partition coefficient (Wildman–Crippen LogP) is 3.51. The lowest BCUT2D eigenvalue weighted by atomic mass is 10.3. The SMILES string of the molecule is CCN(c1ccc(N)cc1)S(=O)(=O)c1cc(C)c(Cl)s1. The monoisotopic (exact) mass is 330 g/mol. The molecule has 0 bridgehead atoms. The number of sulfonamides is 1. The van der Waals surface area contributed by atoms with Crippen LogP contribution in [0, 0.1) is 6.92 Å². The molecule has 0 spiro atoms. The van der Waals surface area contributed by atoms with E-state index in [9.17, 15) is 8.42 Å². The molecule has 0 radical (unpaired) electrons. The molecule has 7 heteroatoms. The fourth-order valence-corrected chi connectivity index (χ4v) is 5.10. The zero-order valence-electron chi connectivity index (χ0n) is 11.1. The molecule has 0 aliphatic rings. The van der Waals surface area contributed by atoms with E-state index in [2.05, 4.69) is 0 Å². The van der Waals surface area contributed by atoms with E-state index in [1.165, 1.54) is 4.31 Å². The Balaban J connectivity index is 2.47. The van der Waals surface area contributed by atoms with Crippen LogP contribution in [0.3, 0.4) is 0 Å². The quantitative estimate of drug-likeness (QED) is 0.872. The summed E-state index contributed by atoms with van der Waals surface area (Å²) in [6, 6.07) is 8.35. The third-order valence-corrected chi connectivity index (χ3v) is 6.75. The molecule has 108 valence electrons. The fourth-order valence-electron chi connectivity index (χ4n) is 1.80.